The predicted octanol–water partition coefficient (Wildman–Crippen LogP) is 9.44. The van der Waals surface area contributed by atoms with Gasteiger partial charge in [0, 0.05) is 40.3 Å². The van der Waals surface area contributed by atoms with E-state index in [-0.39, 0.29) is 51.1 Å². The normalized spacial score (nSPS) is 12.8. The van der Waals surface area contributed by atoms with Gasteiger partial charge in [-0.2, -0.15) is 0 Å². The average molecular weight is 756 g/mol. The third kappa shape index (κ3) is 10.2. The number of Topliss-reactive ketones (excluding diaryl/α,β-unsaturated/α-hetero) is 4. The zero-order chi connectivity index (χ0) is 38.6. The molecule has 4 aromatic carbocycles. The van der Waals surface area contributed by atoms with E-state index in [1.807, 2.05) is 93.5 Å². The zero-order valence-corrected chi connectivity index (χ0v) is 34.1. The molecule has 0 saturated carbocycles. The van der Waals surface area contributed by atoms with E-state index in [4.69, 9.17) is 0 Å². The van der Waals surface area contributed by atoms with Crippen LogP contribution in [0.2, 0.25) is 0 Å². The van der Waals surface area contributed by atoms with Gasteiger partial charge in [0.05, 0.1) is 23.2 Å². The Labute approximate surface area is 325 Å². The second-order valence-corrected chi connectivity index (χ2v) is 14.6. The summed E-state index contributed by atoms with van der Waals surface area (Å²) in [7, 11) is 0. The van der Waals surface area contributed by atoms with Gasteiger partial charge < -0.3 is 10.6 Å². The monoisotopic (exact) mass is 755 g/mol. The number of hydrogen-bond acceptors (Lipinski definition) is 6. The third-order valence-corrected chi connectivity index (χ3v) is 9.41. The Morgan fingerprint density at radius 2 is 0.679 bits per heavy atom. The Morgan fingerprint density at radius 3 is 0.925 bits per heavy atom. The van der Waals surface area contributed by atoms with Crippen molar-refractivity contribution >= 4 is 23.1 Å². The first-order valence-corrected chi connectivity index (χ1v) is 17.7. The molecule has 0 aliphatic carbocycles. The van der Waals surface area contributed by atoms with Gasteiger partial charge in [0.25, 0.3) is 0 Å². The van der Waals surface area contributed by atoms with E-state index in [0.29, 0.717) is 11.1 Å². The second kappa shape index (κ2) is 17.8. The maximum absolute atomic E-state index is 14.1. The van der Waals surface area contributed by atoms with E-state index in [2.05, 4.69) is 47.0 Å². The number of aryl methyl sites for hydroxylation is 10. The summed E-state index contributed by atoms with van der Waals surface area (Å²) in [6, 6.07) is 19.1. The molecule has 4 aromatic rings. The SMILES string of the molecule is CC(=O)/C(=C\N[C@@H](c1cc(C)cc(C)c1)[C@@H](N/C=C(\C(C)=O)C(=O)c1c(C)cc(C)cc1C)c1cc(C)cc(C)c1)C(=O)c1c(C)cc(C)cc1C.[Co]. The molecule has 0 heterocycles. The van der Waals surface area contributed by atoms with Crippen LogP contribution in [-0.4, -0.2) is 23.1 Å². The van der Waals surface area contributed by atoms with Crippen molar-refractivity contribution in [3.8, 4) is 0 Å². The number of carbonyl (C=O) groups is 4. The first kappa shape index (κ1) is 42.6. The van der Waals surface area contributed by atoms with E-state index in [0.717, 1.165) is 66.8 Å². The molecule has 1 radical (unpaired) electrons. The van der Waals surface area contributed by atoms with E-state index in [1.54, 1.807) is 0 Å². The van der Waals surface area contributed by atoms with Crippen molar-refractivity contribution in [2.75, 3.05) is 0 Å². The summed E-state index contributed by atoms with van der Waals surface area (Å²) in [4.78, 5) is 54.5. The summed E-state index contributed by atoms with van der Waals surface area (Å²) in [5.41, 5.74) is 12.4. The van der Waals surface area contributed by atoms with Gasteiger partial charge in [0.1, 0.15) is 0 Å². The Hall–Kier alpha value is -4.85. The van der Waals surface area contributed by atoms with Crippen LogP contribution in [0.5, 0.6) is 0 Å². The topological polar surface area (TPSA) is 92.3 Å². The summed E-state index contributed by atoms with van der Waals surface area (Å²) in [6.07, 6.45) is 3.06. The molecule has 4 rings (SSSR count). The second-order valence-electron chi connectivity index (χ2n) is 14.6. The molecule has 0 aromatic heterocycles. The molecule has 0 saturated heterocycles. The summed E-state index contributed by atoms with van der Waals surface area (Å²) in [5, 5.41) is 6.97. The van der Waals surface area contributed by atoms with Gasteiger partial charge in [-0.1, -0.05) is 94.0 Å². The fraction of sp³-hybridized carbons (Fsp3) is 0.304. The number of benzene rings is 4. The summed E-state index contributed by atoms with van der Waals surface area (Å²) < 4.78 is 0. The van der Waals surface area contributed by atoms with Crippen LogP contribution >= 0.6 is 0 Å². The zero-order valence-electron chi connectivity index (χ0n) is 33.0. The van der Waals surface area contributed by atoms with Crippen molar-refractivity contribution in [3.63, 3.8) is 0 Å². The molecule has 0 amide bonds. The average Bonchev–Trinajstić information content (AvgIpc) is 2.99. The summed E-state index contributed by atoms with van der Waals surface area (Å²) >= 11 is 0. The number of nitrogens with one attached hydrogen (secondary N) is 2. The van der Waals surface area contributed by atoms with Gasteiger partial charge in [-0.3, -0.25) is 19.2 Å². The molecule has 0 bridgehead atoms. The van der Waals surface area contributed by atoms with Crippen LogP contribution < -0.4 is 10.6 Å². The predicted molar refractivity (Wildman–Crippen MR) is 211 cm³/mol. The Balaban J connectivity index is 0.00000756. The van der Waals surface area contributed by atoms with Crippen LogP contribution in [0.1, 0.15) is 113 Å². The van der Waals surface area contributed by atoms with Gasteiger partial charge >= 0.3 is 0 Å². The van der Waals surface area contributed by atoms with Crippen molar-refractivity contribution in [3.05, 3.63) is 162 Å². The Morgan fingerprint density at radius 1 is 0.434 bits per heavy atom. The van der Waals surface area contributed by atoms with Gasteiger partial charge in [0.15, 0.2) is 23.1 Å². The molecule has 279 valence electrons. The number of hydrogen-bond donors (Lipinski definition) is 2. The van der Waals surface area contributed by atoms with Crippen LogP contribution in [0.15, 0.2) is 84.2 Å². The summed E-state index contributed by atoms with van der Waals surface area (Å²) in [6.45, 7) is 22.4. The van der Waals surface area contributed by atoms with Crippen LogP contribution in [0.3, 0.4) is 0 Å². The van der Waals surface area contributed by atoms with Crippen LogP contribution in [0.4, 0.5) is 0 Å². The smallest absolute Gasteiger partial charge is 0.198 e. The molecule has 53 heavy (non-hydrogen) atoms. The maximum Gasteiger partial charge on any atom is 0.198 e. The number of carbonyl (C=O) groups excluding carboxylic acids is 4. The standard InChI is InChI=1S/C46H52N2O4.Co/c1-25-13-26(2)20-37(19-25)43(47-23-39(35(11)49)45(51)41-31(7)15-29(5)16-32(41)8)44(38-21-27(3)14-28(4)22-38)48-24-40(36(12)50)46(52)42-33(9)17-30(6)18-34(42)10;/h13-24,43-44,47-48H,1-12H3;/b39-23+,40-24+;/t43-,44-;/m0./s1. The molecule has 2 atom stereocenters. The fourth-order valence-corrected chi connectivity index (χ4v) is 7.49. The Bertz CT molecular complexity index is 1920. The van der Waals surface area contributed by atoms with Gasteiger partial charge in [-0.25, -0.2) is 0 Å². The molecule has 7 heteroatoms. The van der Waals surface area contributed by atoms with Crippen LogP contribution in [-0.2, 0) is 26.4 Å². The van der Waals surface area contributed by atoms with Crippen molar-refractivity contribution in [1.29, 1.82) is 0 Å². The van der Waals surface area contributed by atoms with Crippen LogP contribution in [0.25, 0.3) is 0 Å². The van der Waals surface area contributed by atoms with Crippen molar-refractivity contribution in [2.45, 2.75) is 95.2 Å². The van der Waals surface area contributed by atoms with Crippen molar-refractivity contribution in [1.82, 2.24) is 10.6 Å². The van der Waals surface area contributed by atoms with Crippen molar-refractivity contribution < 1.29 is 36.0 Å². The largest absolute Gasteiger partial charge is 0.381 e. The van der Waals surface area contributed by atoms with E-state index < -0.39 is 12.1 Å². The van der Waals surface area contributed by atoms with Gasteiger partial charge in [0.2, 0.25) is 0 Å². The third-order valence-electron chi connectivity index (χ3n) is 9.41. The van der Waals surface area contributed by atoms with E-state index >= 15 is 0 Å². The minimum atomic E-state index is -0.551. The molecular weight excluding hydrogens is 703 g/mol. The quantitative estimate of drug-likeness (QED) is 0.0612. The molecule has 6 nitrogen and oxygen atoms in total. The number of rotatable bonds is 13. The number of allylic oxidation sites excluding steroid dienone is 2. The minimum absolute atomic E-state index is 0. The molecular formula is C46H52CoN2O4. The first-order chi connectivity index (χ1) is 24.4. The molecule has 0 aliphatic heterocycles. The minimum Gasteiger partial charge on any atom is -0.381 e. The molecule has 0 aliphatic rings. The molecule has 0 spiro atoms. The number of ketones is 4. The molecule has 2 N–H and O–H groups in total. The van der Waals surface area contributed by atoms with Crippen LogP contribution in [0, 0.1) is 69.2 Å². The molecule has 0 unspecified atom stereocenters. The fourth-order valence-electron chi connectivity index (χ4n) is 7.49. The van der Waals surface area contributed by atoms with Gasteiger partial charge in [-0.05, 0) is 116 Å². The van der Waals surface area contributed by atoms with E-state index in [1.165, 1.54) is 26.2 Å². The van der Waals surface area contributed by atoms with E-state index in [9.17, 15) is 19.2 Å². The molecule has 0 fully saturated rings. The summed E-state index contributed by atoms with van der Waals surface area (Å²) in [5.74, 6) is -1.42. The van der Waals surface area contributed by atoms with Gasteiger partial charge in [-0.15, -0.1) is 0 Å². The Kier molecular flexibility index (Phi) is 14.3. The first-order valence-electron chi connectivity index (χ1n) is 17.7. The maximum atomic E-state index is 14.1. The van der Waals surface area contributed by atoms with Crippen molar-refractivity contribution in [2.24, 2.45) is 0 Å².